The quantitative estimate of drug-likeness (QED) is 0.673. The van der Waals surface area contributed by atoms with Crippen LogP contribution < -0.4 is 10.9 Å². The zero-order chi connectivity index (χ0) is 20.1. The molecule has 1 aromatic heterocycles. The monoisotopic (exact) mass is 387 g/mol. The van der Waals surface area contributed by atoms with Gasteiger partial charge in [-0.15, -0.1) is 0 Å². The predicted molar refractivity (Wildman–Crippen MR) is 96.5 cm³/mol. The van der Waals surface area contributed by atoms with Gasteiger partial charge in [0.1, 0.15) is 0 Å². The lowest BCUT2D eigenvalue weighted by atomic mass is 10.1. The average Bonchev–Trinajstić information content (AvgIpc) is 3.20. The van der Waals surface area contributed by atoms with Gasteiger partial charge in [0.25, 0.3) is 5.91 Å². The molecule has 0 saturated heterocycles. The van der Waals surface area contributed by atoms with E-state index in [9.17, 15) is 22.8 Å². The molecule has 0 spiro atoms. The minimum absolute atomic E-state index is 0.189. The molecule has 2 amide bonds. The van der Waals surface area contributed by atoms with Gasteiger partial charge in [0, 0.05) is 12.4 Å². The lowest BCUT2D eigenvalue weighted by Gasteiger charge is -2.12. The van der Waals surface area contributed by atoms with E-state index in [2.05, 4.69) is 10.9 Å². The Labute approximate surface area is 158 Å². The molecule has 0 saturated carbocycles. The van der Waals surface area contributed by atoms with Crippen molar-refractivity contribution in [1.29, 1.82) is 0 Å². The van der Waals surface area contributed by atoms with Crippen molar-refractivity contribution in [3.05, 3.63) is 89.7 Å². The lowest BCUT2D eigenvalue weighted by molar-refractivity contribution is -0.137. The minimum Gasteiger partial charge on any atom is -0.323 e. The lowest BCUT2D eigenvalue weighted by Crippen LogP contribution is -2.42. The van der Waals surface area contributed by atoms with E-state index in [0.717, 1.165) is 12.1 Å². The smallest absolute Gasteiger partial charge is 0.323 e. The fourth-order valence-corrected chi connectivity index (χ4v) is 2.67. The van der Waals surface area contributed by atoms with Crippen molar-refractivity contribution in [2.24, 2.45) is 0 Å². The Balaban J connectivity index is 1.64. The van der Waals surface area contributed by atoms with E-state index in [1.165, 1.54) is 12.1 Å². The topological polar surface area (TPSA) is 63.1 Å². The second kappa shape index (κ2) is 7.99. The van der Waals surface area contributed by atoms with Gasteiger partial charge in [-0.1, -0.05) is 30.3 Å². The Kier molecular flexibility index (Phi) is 5.49. The maximum Gasteiger partial charge on any atom is 0.416 e. The van der Waals surface area contributed by atoms with E-state index in [1.807, 2.05) is 12.1 Å². The van der Waals surface area contributed by atoms with Crippen LogP contribution in [0.1, 0.15) is 21.5 Å². The number of benzene rings is 2. The average molecular weight is 387 g/mol. The summed E-state index contributed by atoms with van der Waals surface area (Å²) in [4.78, 5) is 24.4. The molecule has 2 aromatic carbocycles. The molecule has 2 N–H and O–H groups in total. The number of aromatic nitrogens is 1. The SMILES string of the molecule is O=C(Cc1cccc(C(F)(F)F)c1)NNC(=O)c1ccccc1-n1cccc1. The summed E-state index contributed by atoms with van der Waals surface area (Å²) >= 11 is 0. The van der Waals surface area contributed by atoms with Crippen LogP contribution >= 0.6 is 0 Å². The second-order valence-electron chi connectivity index (χ2n) is 5.98. The van der Waals surface area contributed by atoms with Gasteiger partial charge >= 0.3 is 6.18 Å². The molecular weight excluding hydrogens is 371 g/mol. The van der Waals surface area contributed by atoms with Crippen molar-refractivity contribution < 1.29 is 22.8 Å². The second-order valence-corrected chi connectivity index (χ2v) is 5.98. The van der Waals surface area contributed by atoms with Crippen molar-refractivity contribution >= 4 is 11.8 Å². The Hall–Kier alpha value is -3.55. The summed E-state index contributed by atoms with van der Waals surface area (Å²) in [6.07, 6.45) is -1.23. The third-order valence-corrected chi connectivity index (χ3v) is 3.97. The number of hydrogen-bond donors (Lipinski definition) is 2. The summed E-state index contributed by atoms with van der Waals surface area (Å²) in [5.41, 5.74) is 4.84. The standard InChI is InChI=1S/C20H16F3N3O2/c21-20(22,23)15-7-5-6-14(12-15)13-18(27)24-25-19(28)16-8-1-2-9-17(16)26-10-3-4-11-26/h1-12H,13H2,(H,24,27)(H,25,28). The molecule has 0 atom stereocenters. The number of halogens is 3. The Morgan fingerprint density at radius 3 is 2.32 bits per heavy atom. The minimum atomic E-state index is -4.48. The van der Waals surface area contributed by atoms with E-state index < -0.39 is 23.6 Å². The number of carbonyl (C=O) groups is 2. The first-order valence-corrected chi connectivity index (χ1v) is 8.32. The summed E-state index contributed by atoms with van der Waals surface area (Å²) in [5.74, 6) is -1.17. The fourth-order valence-electron chi connectivity index (χ4n) is 2.67. The van der Waals surface area contributed by atoms with Crippen molar-refractivity contribution in [3.63, 3.8) is 0 Å². The number of nitrogens with one attached hydrogen (secondary N) is 2. The highest BCUT2D eigenvalue weighted by Crippen LogP contribution is 2.29. The molecular formula is C20H16F3N3O2. The third kappa shape index (κ3) is 4.59. The number of amides is 2. The van der Waals surface area contributed by atoms with Gasteiger partial charge in [-0.3, -0.25) is 20.4 Å². The maximum atomic E-state index is 12.7. The summed E-state index contributed by atoms with van der Waals surface area (Å²) in [6, 6.07) is 14.9. The van der Waals surface area contributed by atoms with E-state index in [4.69, 9.17) is 0 Å². The van der Waals surface area contributed by atoms with Gasteiger partial charge in [-0.2, -0.15) is 13.2 Å². The molecule has 5 nitrogen and oxygen atoms in total. The van der Waals surface area contributed by atoms with Gasteiger partial charge in [0.15, 0.2) is 0 Å². The summed E-state index contributed by atoms with van der Waals surface area (Å²) in [6.45, 7) is 0. The number of carbonyl (C=O) groups excluding carboxylic acids is 2. The first-order valence-electron chi connectivity index (χ1n) is 8.32. The largest absolute Gasteiger partial charge is 0.416 e. The van der Waals surface area contributed by atoms with E-state index >= 15 is 0 Å². The van der Waals surface area contributed by atoms with Crippen molar-refractivity contribution in [2.45, 2.75) is 12.6 Å². The van der Waals surface area contributed by atoms with Gasteiger partial charge < -0.3 is 4.57 Å². The number of rotatable bonds is 4. The van der Waals surface area contributed by atoms with Crippen molar-refractivity contribution in [1.82, 2.24) is 15.4 Å². The molecule has 0 unspecified atom stereocenters. The first-order chi connectivity index (χ1) is 13.3. The number of hydrazine groups is 1. The molecule has 0 bridgehead atoms. The van der Waals surface area contributed by atoms with Crippen LogP contribution in [0.15, 0.2) is 73.1 Å². The van der Waals surface area contributed by atoms with Crippen LogP contribution in [0.4, 0.5) is 13.2 Å². The van der Waals surface area contributed by atoms with E-state index in [1.54, 1.807) is 41.2 Å². The number of alkyl halides is 3. The van der Waals surface area contributed by atoms with Crippen LogP contribution in [0.5, 0.6) is 0 Å². The molecule has 0 aliphatic carbocycles. The highest BCUT2D eigenvalue weighted by molar-refractivity contribution is 5.98. The molecule has 0 aliphatic heterocycles. The van der Waals surface area contributed by atoms with Crippen molar-refractivity contribution in [3.8, 4) is 5.69 Å². The predicted octanol–water partition coefficient (Wildman–Crippen LogP) is 3.50. The molecule has 1 heterocycles. The number of nitrogens with zero attached hydrogens (tertiary/aromatic N) is 1. The highest BCUT2D eigenvalue weighted by Gasteiger charge is 2.30. The molecule has 28 heavy (non-hydrogen) atoms. The van der Waals surface area contributed by atoms with Crippen LogP contribution in [0.3, 0.4) is 0 Å². The molecule has 0 radical (unpaired) electrons. The molecule has 144 valence electrons. The van der Waals surface area contributed by atoms with Crippen LogP contribution in [0.25, 0.3) is 5.69 Å². The zero-order valence-corrected chi connectivity index (χ0v) is 14.5. The molecule has 0 fully saturated rings. The molecule has 0 aliphatic rings. The third-order valence-electron chi connectivity index (χ3n) is 3.97. The van der Waals surface area contributed by atoms with Gasteiger partial charge in [-0.25, -0.2) is 0 Å². The summed E-state index contributed by atoms with van der Waals surface area (Å²) in [5, 5.41) is 0. The first kappa shape index (κ1) is 19.2. The summed E-state index contributed by atoms with van der Waals surface area (Å²) < 4.78 is 40.0. The molecule has 8 heteroatoms. The molecule has 3 aromatic rings. The summed E-state index contributed by atoms with van der Waals surface area (Å²) in [7, 11) is 0. The van der Waals surface area contributed by atoms with Gasteiger partial charge in [-0.05, 0) is 35.9 Å². The highest BCUT2D eigenvalue weighted by atomic mass is 19.4. The van der Waals surface area contributed by atoms with Crippen molar-refractivity contribution in [2.75, 3.05) is 0 Å². The number of para-hydroxylation sites is 1. The Morgan fingerprint density at radius 1 is 0.893 bits per heavy atom. The van der Waals surface area contributed by atoms with E-state index in [0.29, 0.717) is 11.3 Å². The van der Waals surface area contributed by atoms with Crippen LogP contribution in [-0.2, 0) is 17.4 Å². The molecule has 3 rings (SSSR count). The fraction of sp³-hybridized carbons (Fsp3) is 0.100. The van der Waals surface area contributed by atoms with Gasteiger partial charge in [0.2, 0.25) is 5.91 Å². The van der Waals surface area contributed by atoms with Crippen LogP contribution in [0.2, 0.25) is 0 Å². The van der Waals surface area contributed by atoms with Gasteiger partial charge in [0.05, 0.1) is 23.2 Å². The van der Waals surface area contributed by atoms with Crippen LogP contribution in [-0.4, -0.2) is 16.4 Å². The Morgan fingerprint density at radius 2 is 1.61 bits per heavy atom. The normalized spacial score (nSPS) is 11.1. The maximum absolute atomic E-state index is 12.7. The zero-order valence-electron chi connectivity index (χ0n) is 14.5. The number of hydrogen-bond acceptors (Lipinski definition) is 2. The van der Waals surface area contributed by atoms with E-state index in [-0.39, 0.29) is 12.0 Å². The Bertz CT molecular complexity index is 982. The van der Waals surface area contributed by atoms with Crippen LogP contribution in [0, 0.1) is 0 Å².